The molecule has 0 spiro atoms. The van der Waals surface area contributed by atoms with Gasteiger partial charge >= 0.3 is 0 Å². The lowest BCUT2D eigenvalue weighted by Crippen LogP contribution is -2.37. The molecule has 0 fully saturated rings. The van der Waals surface area contributed by atoms with Gasteiger partial charge in [0.2, 0.25) is 11.7 Å². The zero-order chi connectivity index (χ0) is 20.8. The highest BCUT2D eigenvalue weighted by Gasteiger charge is 2.22. The fourth-order valence-corrected chi connectivity index (χ4v) is 2.75. The van der Waals surface area contributed by atoms with Crippen LogP contribution in [0.5, 0.6) is 17.2 Å². The second-order valence-corrected chi connectivity index (χ2v) is 6.35. The quantitative estimate of drug-likeness (QED) is 0.577. The van der Waals surface area contributed by atoms with Crippen LogP contribution in [0.2, 0.25) is 0 Å². The Hall–Kier alpha value is -3.55. The zero-order valence-corrected chi connectivity index (χ0v) is 16.8. The third-order valence-electron chi connectivity index (χ3n) is 4.27. The van der Waals surface area contributed by atoms with E-state index in [-0.39, 0.29) is 12.5 Å². The van der Waals surface area contributed by atoms with E-state index in [4.69, 9.17) is 18.7 Å². The lowest BCUT2D eigenvalue weighted by atomic mass is 10.2. The normalized spacial score (nSPS) is 11.6. The van der Waals surface area contributed by atoms with Crippen LogP contribution in [0, 0.1) is 0 Å². The van der Waals surface area contributed by atoms with Gasteiger partial charge < -0.3 is 23.6 Å². The van der Waals surface area contributed by atoms with E-state index in [2.05, 4.69) is 10.1 Å². The molecular weight excluding hydrogens is 374 g/mol. The Morgan fingerprint density at radius 1 is 1.10 bits per heavy atom. The minimum absolute atomic E-state index is 0.162. The topological polar surface area (TPSA) is 86.9 Å². The average Bonchev–Trinajstić information content (AvgIpc) is 3.22. The number of aromatic nitrogens is 2. The van der Waals surface area contributed by atoms with Gasteiger partial charge in [-0.3, -0.25) is 4.79 Å². The molecule has 8 nitrogen and oxygen atoms in total. The summed E-state index contributed by atoms with van der Waals surface area (Å²) in [5.41, 5.74) is 0.765. The number of carbonyl (C=O) groups excluding carboxylic acids is 1. The number of methoxy groups -OCH3 is 2. The molecule has 0 aliphatic rings. The van der Waals surface area contributed by atoms with Crippen LogP contribution in [0.15, 0.2) is 53.1 Å². The number of carbonyl (C=O) groups is 1. The van der Waals surface area contributed by atoms with Crippen molar-refractivity contribution in [2.24, 2.45) is 0 Å². The number of ether oxygens (including phenoxy) is 3. The van der Waals surface area contributed by atoms with E-state index < -0.39 is 6.10 Å². The number of para-hydroxylation sites is 2. The van der Waals surface area contributed by atoms with Gasteiger partial charge in [-0.25, -0.2) is 0 Å². The van der Waals surface area contributed by atoms with Gasteiger partial charge in [-0.05, 0) is 31.2 Å². The molecule has 1 aromatic heterocycles. The Kier molecular flexibility index (Phi) is 6.33. The third kappa shape index (κ3) is 4.84. The van der Waals surface area contributed by atoms with Gasteiger partial charge in [0.1, 0.15) is 5.75 Å². The number of hydrogen-bond donors (Lipinski definition) is 0. The van der Waals surface area contributed by atoms with Crippen LogP contribution in [-0.2, 0) is 11.3 Å². The first kappa shape index (κ1) is 20.2. The molecular formula is C21H23N3O5. The summed E-state index contributed by atoms with van der Waals surface area (Å²) in [6, 6.07) is 14.5. The summed E-state index contributed by atoms with van der Waals surface area (Å²) in [4.78, 5) is 18.5. The van der Waals surface area contributed by atoms with Crippen LogP contribution in [0.25, 0.3) is 11.4 Å². The van der Waals surface area contributed by atoms with Crippen molar-refractivity contribution in [2.45, 2.75) is 19.6 Å². The standard InChI is InChI=1S/C21H23N3O5/c1-14(28-18-11-6-5-10-17(18)27-4)21(25)24(2)13-19-22-20(23-29-19)15-8-7-9-16(12-15)26-3/h5-12,14H,13H2,1-4H3/t14-/m0/s1. The summed E-state index contributed by atoms with van der Waals surface area (Å²) in [6.07, 6.45) is -0.711. The Morgan fingerprint density at radius 3 is 2.59 bits per heavy atom. The molecule has 2 aromatic carbocycles. The molecule has 0 radical (unpaired) electrons. The highest BCUT2D eigenvalue weighted by Crippen LogP contribution is 2.27. The fraction of sp³-hybridized carbons (Fsp3) is 0.286. The maximum absolute atomic E-state index is 12.7. The molecule has 1 amide bonds. The van der Waals surface area contributed by atoms with Gasteiger partial charge in [-0.2, -0.15) is 4.98 Å². The Labute approximate surface area is 169 Å². The van der Waals surface area contributed by atoms with Crippen molar-refractivity contribution in [3.8, 4) is 28.6 Å². The Bertz CT molecular complexity index is 972. The first-order valence-electron chi connectivity index (χ1n) is 9.03. The molecule has 3 aromatic rings. The van der Waals surface area contributed by atoms with Crippen molar-refractivity contribution in [1.29, 1.82) is 0 Å². The molecule has 0 saturated heterocycles. The molecule has 0 unspecified atom stereocenters. The lowest BCUT2D eigenvalue weighted by molar-refractivity contribution is -0.137. The second-order valence-electron chi connectivity index (χ2n) is 6.35. The molecule has 0 bridgehead atoms. The summed E-state index contributed by atoms with van der Waals surface area (Å²) in [7, 11) is 4.80. The first-order valence-corrected chi connectivity index (χ1v) is 9.03. The SMILES string of the molecule is COc1cccc(-c2noc(CN(C)C(=O)[C@H](C)Oc3ccccc3OC)n2)c1. The van der Waals surface area contributed by atoms with Gasteiger partial charge in [0.15, 0.2) is 17.6 Å². The van der Waals surface area contributed by atoms with Crippen LogP contribution in [-0.4, -0.2) is 48.3 Å². The van der Waals surface area contributed by atoms with Crippen molar-refractivity contribution >= 4 is 5.91 Å². The Balaban J connectivity index is 1.64. The van der Waals surface area contributed by atoms with Gasteiger partial charge in [0, 0.05) is 12.6 Å². The first-order chi connectivity index (χ1) is 14.0. The molecule has 152 valence electrons. The highest BCUT2D eigenvalue weighted by atomic mass is 16.5. The molecule has 0 N–H and O–H groups in total. The summed E-state index contributed by atoms with van der Waals surface area (Å²) >= 11 is 0. The predicted molar refractivity (Wildman–Crippen MR) is 106 cm³/mol. The molecule has 29 heavy (non-hydrogen) atoms. The van der Waals surface area contributed by atoms with E-state index >= 15 is 0 Å². The number of hydrogen-bond acceptors (Lipinski definition) is 7. The van der Waals surface area contributed by atoms with E-state index in [0.717, 1.165) is 5.56 Å². The predicted octanol–water partition coefficient (Wildman–Crippen LogP) is 3.18. The van der Waals surface area contributed by atoms with E-state index in [1.807, 2.05) is 36.4 Å². The van der Waals surface area contributed by atoms with Crippen LogP contribution in [0.4, 0.5) is 0 Å². The van der Waals surface area contributed by atoms with Gasteiger partial charge in [-0.1, -0.05) is 29.4 Å². The van der Waals surface area contributed by atoms with Gasteiger partial charge in [-0.15, -0.1) is 0 Å². The molecule has 0 saturated carbocycles. The minimum Gasteiger partial charge on any atom is -0.497 e. The van der Waals surface area contributed by atoms with Crippen molar-refractivity contribution in [3.63, 3.8) is 0 Å². The second kappa shape index (κ2) is 9.09. The summed E-state index contributed by atoms with van der Waals surface area (Å²) in [6.45, 7) is 1.84. The number of benzene rings is 2. The molecule has 3 rings (SSSR count). The van der Waals surface area contributed by atoms with Crippen LogP contribution >= 0.6 is 0 Å². The zero-order valence-electron chi connectivity index (χ0n) is 16.8. The number of likely N-dealkylation sites (N-methyl/N-ethyl adjacent to an activating group) is 1. The van der Waals surface area contributed by atoms with E-state index in [1.165, 1.54) is 4.90 Å². The fourth-order valence-electron chi connectivity index (χ4n) is 2.75. The Morgan fingerprint density at radius 2 is 1.86 bits per heavy atom. The molecule has 1 atom stereocenters. The average molecular weight is 397 g/mol. The summed E-state index contributed by atoms with van der Waals surface area (Å²) in [5.74, 6) is 2.29. The summed E-state index contributed by atoms with van der Waals surface area (Å²) in [5, 5.41) is 3.98. The number of nitrogens with zero attached hydrogens (tertiary/aromatic N) is 3. The van der Waals surface area contributed by atoms with Gasteiger partial charge in [0.25, 0.3) is 5.91 Å². The van der Waals surface area contributed by atoms with Crippen LogP contribution in [0.1, 0.15) is 12.8 Å². The molecule has 0 aliphatic carbocycles. The maximum atomic E-state index is 12.7. The van der Waals surface area contributed by atoms with Gasteiger partial charge in [0.05, 0.1) is 20.8 Å². The maximum Gasteiger partial charge on any atom is 0.263 e. The van der Waals surface area contributed by atoms with Crippen molar-refractivity contribution in [1.82, 2.24) is 15.0 Å². The van der Waals surface area contributed by atoms with Crippen LogP contribution < -0.4 is 14.2 Å². The van der Waals surface area contributed by atoms with Crippen molar-refractivity contribution in [3.05, 3.63) is 54.4 Å². The largest absolute Gasteiger partial charge is 0.497 e. The van der Waals surface area contributed by atoms with E-state index in [9.17, 15) is 4.79 Å². The highest BCUT2D eigenvalue weighted by molar-refractivity contribution is 5.80. The monoisotopic (exact) mass is 397 g/mol. The molecule has 1 heterocycles. The smallest absolute Gasteiger partial charge is 0.263 e. The lowest BCUT2D eigenvalue weighted by Gasteiger charge is -2.21. The minimum atomic E-state index is -0.711. The summed E-state index contributed by atoms with van der Waals surface area (Å²) < 4.78 is 21.5. The number of rotatable bonds is 8. The van der Waals surface area contributed by atoms with Crippen molar-refractivity contribution in [2.75, 3.05) is 21.3 Å². The third-order valence-corrected chi connectivity index (χ3v) is 4.27. The number of amides is 1. The van der Waals surface area contributed by atoms with E-state index in [1.54, 1.807) is 40.3 Å². The van der Waals surface area contributed by atoms with Crippen molar-refractivity contribution < 1.29 is 23.5 Å². The van der Waals surface area contributed by atoms with Crippen LogP contribution in [0.3, 0.4) is 0 Å². The molecule has 8 heteroatoms. The van der Waals surface area contributed by atoms with E-state index in [0.29, 0.717) is 29.0 Å². The molecule has 0 aliphatic heterocycles.